The molecule has 1 aromatic heterocycles. The molecule has 19 heavy (non-hydrogen) atoms. The van der Waals surface area contributed by atoms with Crippen molar-refractivity contribution in [2.75, 3.05) is 11.9 Å². The number of rotatable bonds is 3. The van der Waals surface area contributed by atoms with Crippen molar-refractivity contribution in [2.45, 2.75) is 18.9 Å². The van der Waals surface area contributed by atoms with Crippen LogP contribution in [0.4, 0.5) is 20.5 Å². The molecule has 3 rings (SSSR count). The zero-order chi connectivity index (χ0) is 13.2. The van der Waals surface area contributed by atoms with Gasteiger partial charge < -0.3 is 15.1 Å². The summed E-state index contributed by atoms with van der Waals surface area (Å²) in [6.45, 7) is 0.919. The summed E-state index contributed by atoms with van der Waals surface area (Å²) in [5.74, 6) is -0.870. The van der Waals surface area contributed by atoms with Crippen LogP contribution in [0.5, 0.6) is 0 Å². The Morgan fingerprint density at radius 3 is 2.95 bits per heavy atom. The summed E-state index contributed by atoms with van der Waals surface area (Å²) in [6.07, 6.45) is 1.99. The molecule has 0 saturated carbocycles. The van der Waals surface area contributed by atoms with Crippen LogP contribution in [-0.4, -0.2) is 16.7 Å². The molecule has 1 saturated heterocycles. The van der Waals surface area contributed by atoms with E-state index in [4.69, 9.17) is 4.42 Å². The average Bonchev–Trinajstić information content (AvgIpc) is 3.03. The second kappa shape index (κ2) is 4.93. The van der Waals surface area contributed by atoms with Crippen molar-refractivity contribution in [3.63, 3.8) is 0 Å². The smallest absolute Gasteiger partial charge is 0.320 e. The zero-order valence-corrected chi connectivity index (χ0v) is 9.99. The van der Waals surface area contributed by atoms with Gasteiger partial charge in [-0.25, -0.2) is 8.78 Å². The Balaban J connectivity index is 1.76. The lowest BCUT2D eigenvalue weighted by atomic mass is 10.2. The summed E-state index contributed by atoms with van der Waals surface area (Å²) < 4.78 is 31.6. The fraction of sp³-hybridized carbons (Fsp3) is 0.333. The van der Waals surface area contributed by atoms with Crippen LogP contribution in [0.25, 0.3) is 0 Å². The van der Waals surface area contributed by atoms with Gasteiger partial charge in [-0.2, -0.15) is 0 Å². The van der Waals surface area contributed by atoms with E-state index in [-0.39, 0.29) is 17.7 Å². The van der Waals surface area contributed by atoms with E-state index in [0.717, 1.165) is 31.5 Å². The maximum absolute atomic E-state index is 13.4. The molecule has 1 fully saturated rings. The lowest BCUT2D eigenvalue weighted by Crippen LogP contribution is -2.12. The van der Waals surface area contributed by atoms with Gasteiger partial charge in [0, 0.05) is 6.07 Å². The third-order valence-electron chi connectivity index (χ3n) is 2.97. The SMILES string of the molecule is Fc1ccc(Nc2nnc(C3CCCN3)o2)c(F)c1. The molecule has 0 spiro atoms. The first-order valence-corrected chi connectivity index (χ1v) is 6.01. The molecule has 0 bridgehead atoms. The van der Waals surface area contributed by atoms with E-state index in [0.29, 0.717) is 5.89 Å². The summed E-state index contributed by atoms with van der Waals surface area (Å²) in [7, 11) is 0. The van der Waals surface area contributed by atoms with Crippen LogP contribution >= 0.6 is 0 Å². The van der Waals surface area contributed by atoms with Crippen molar-refractivity contribution in [1.82, 2.24) is 15.5 Å². The molecule has 0 aliphatic carbocycles. The Hall–Kier alpha value is -2.02. The minimum atomic E-state index is -0.709. The van der Waals surface area contributed by atoms with Crippen molar-refractivity contribution in [3.05, 3.63) is 35.7 Å². The lowest BCUT2D eigenvalue weighted by molar-refractivity contribution is 0.439. The van der Waals surface area contributed by atoms with Crippen molar-refractivity contribution in [3.8, 4) is 0 Å². The first-order valence-electron chi connectivity index (χ1n) is 6.01. The maximum Gasteiger partial charge on any atom is 0.320 e. The van der Waals surface area contributed by atoms with E-state index in [1.165, 1.54) is 6.07 Å². The molecule has 5 nitrogen and oxygen atoms in total. The summed E-state index contributed by atoms with van der Waals surface area (Å²) in [6, 6.07) is 3.37. The van der Waals surface area contributed by atoms with Crippen LogP contribution in [0, 0.1) is 11.6 Å². The van der Waals surface area contributed by atoms with Gasteiger partial charge in [-0.15, -0.1) is 5.10 Å². The van der Waals surface area contributed by atoms with E-state index in [9.17, 15) is 8.78 Å². The van der Waals surface area contributed by atoms with Crippen molar-refractivity contribution < 1.29 is 13.2 Å². The van der Waals surface area contributed by atoms with E-state index in [2.05, 4.69) is 20.8 Å². The Bertz CT molecular complexity index is 581. The van der Waals surface area contributed by atoms with Gasteiger partial charge in [-0.3, -0.25) is 0 Å². The van der Waals surface area contributed by atoms with Gasteiger partial charge in [0.05, 0.1) is 11.7 Å². The van der Waals surface area contributed by atoms with Crippen LogP contribution in [0.3, 0.4) is 0 Å². The highest BCUT2D eigenvalue weighted by atomic mass is 19.1. The fourth-order valence-electron chi connectivity index (χ4n) is 2.03. The molecule has 0 amide bonds. The molecule has 7 heteroatoms. The van der Waals surface area contributed by atoms with Gasteiger partial charge in [0.15, 0.2) is 0 Å². The molecule has 100 valence electrons. The summed E-state index contributed by atoms with van der Waals surface area (Å²) >= 11 is 0. The number of hydrogen-bond acceptors (Lipinski definition) is 5. The second-order valence-electron chi connectivity index (χ2n) is 4.34. The minimum absolute atomic E-state index is 0.0566. The van der Waals surface area contributed by atoms with Crippen LogP contribution in [0.1, 0.15) is 24.8 Å². The molecule has 1 atom stereocenters. The van der Waals surface area contributed by atoms with Gasteiger partial charge in [0.2, 0.25) is 5.89 Å². The fourth-order valence-corrected chi connectivity index (χ4v) is 2.03. The van der Waals surface area contributed by atoms with E-state index in [1.807, 2.05) is 0 Å². The van der Waals surface area contributed by atoms with Gasteiger partial charge in [0.25, 0.3) is 0 Å². The Labute approximate surface area is 108 Å². The Kier molecular flexibility index (Phi) is 3.12. The predicted octanol–water partition coefficient (Wildman–Crippen LogP) is 2.52. The third kappa shape index (κ3) is 2.55. The van der Waals surface area contributed by atoms with E-state index in [1.54, 1.807) is 0 Å². The van der Waals surface area contributed by atoms with Crippen LogP contribution in [-0.2, 0) is 0 Å². The molecule has 1 aliphatic heterocycles. The first-order chi connectivity index (χ1) is 9.22. The normalized spacial score (nSPS) is 18.7. The Morgan fingerprint density at radius 1 is 1.32 bits per heavy atom. The second-order valence-corrected chi connectivity index (χ2v) is 4.34. The molecule has 2 heterocycles. The zero-order valence-electron chi connectivity index (χ0n) is 9.99. The van der Waals surface area contributed by atoms with Gasteiger partial charge in [0.1, 0.15) is 11.6 Å². The lowest BCUT2D eigenvalue weighted by Gasteiger charge is -2.04. The van der Waals surface area contributed by atoms with E-state index >= 15 is 0 Å². The number of aromatic nitrogens is 2. The van der Waals surface area contributed by atoms with Gasteiger partial charge in [-0.1, -0.05) is 5.10 Å². The van der Waals surface area contributed by atoms with Gasteiger partial charge >= 0.3 is 6.01 Å². The van der Waals surface area contributed by atoms with Crippen LogP contribution in [0.15, 0.2) is 22.6 Å². The van der Waals surface area contributed by atoms with Crippen LogP contribution in [0.2, 0.25) is 0 Å². The molecule has 2 N–H and O–H groups in total. The molecular formula is C12H12F2N4O. The number of benzene rings is 1. The number of halogens is 2. The number of nitrogens with one attached hydrogen (secondary N) is 2. The van der Waals surface area contributed by atoms with Crippen LogP contribution < -0.4 is 10.6 Å². The quantitative estimate of drug-likeness (QED) is 0.893. The highest BCUT2D eigenvalue weighted by Crippen LogP contribution is 2.25. The minimum Gasteiger partial charge on any atom is -0.406 e. The largest absolute Gasteiger partial charge is 0.406 e. The first kappa shape index (κ1) is 12.0. The third-order valence-corrected chi connectivity index (χ3v) is 2.97. The molecule has 1 unspecified atom stereocenters. The highest BCUT2D eigenvalue weighted by Gasteiger charge is 2.22. The van der Waals surface area contributed by atoms with Crippen molar-refractivity contribution in [1.29, 1.82) is 0 Å². The topological polar surface area (TPSA) is 63.0 Å². The predicted molar refractivity (Wildman–Crippen MR) is 63.9 cm³/mol. The summed E-state index contributed by atoms with van der Waals surface area (Å²) in [5.41, 5.74) is 0.0935. The number of hydrogen-bond donors (Lipinski definition) is 2. The summed E-state index contributed by atoms with van der Waals surface area (Å²) in [4.78, 5) is 0. The molecule has 0 radical (unpaired) electrons. The molecular weight excluding hydrogens is 254 g/mol. The molecule has 2 aromatic rings. The highest BCUT2D eigenvalue weighted by molar-refractivity contribution is 5.52. The van der Waals surface area contributed by atoms with Crippen molar-refractivity contribution in [2.24, 2.45) is 0 Å². The molecule has 1 aliphatic rings. The van der Waals surface area contributed by atoms with E-state index < -0.39 is 11.6 Å². The standard InChI is InChI=1S/C12H12F2N4O/c13-7-3-4-9(8(14)6-7)16-12-18-17-11(19-12)10-2-1-5-15-10/h3-4,6,10,15H,1-2,5H2,(H,16,18). The maximum atomic E-state index is 13.4. The summed E-state index contributed by atoms with van der Waals surface area (Å²) in [5, 5.41) is 13.5. The number of anilines is 2. The average molecular weight is 266 g/mol. The monoisotopic (exact) mass is 266 g/mol. The number of nitrogens with zero attached hydrogens (tertiary/aromatic N) is 2. The Morgan fingerprint density at radius 2 is 2.21 bits per heavy atom. The van der Waals surface area contributed by atoms with Crippen molar-refractivity contribution >= 4 is 11.7 Å². The molecule has 1 aromatic carbocycles. The van der Waals surface area contributed by atoms with Gasteiger partial charge in [-0.05, 0) is 31.5 Å².